The summed E-state index contributed by atoms with van der Waals surface area (Å²) >= 11 is 0. The molecule has 50 valence electrons. The zero-order chi connectivity index (χ0) is 6.43. The lowest BCUT2D eigenvalue weighted by molar-refractivity contribution is -0.121. The van der Waals surface area contributed by atoms with Crippen LogP contribution in [-0.4, -0.2) is 18.5 Å². The largest absolute Gasteiger partial charge is 0.369 e. The van der Waals surface area contributed by atoms with Crippen LogP contribution in [-0.2, 0) is 4.79 Å². The lowest BCUT2D eigenvalue weighted by Crippen LogP contribution is -2.28. The fraction of sp³-hybridized carbons (Fsp3) is 0.833. The molecule has 0 aromatic heterocycles. The minimum Gasteiger partial charge on any atom is -0.369 e. The highest BCUT2D eigenvalue weighted by molar-refractivity contribution is 5.78. The third-order valence-corrected chi connectivity index (χ3v) is 2.32. The molecule has 1 aliphatic carbocycles. The summed E-state index contributed by atoms with van der Waals surface area (Å²) in [7, 11) is 0. The summed E-state index contributed by atoms with van der Waals surface area (Å²) in [4.78, 5) is 10.6. The predicted molar refractivity (Wildman–Crippen MR) is 32.6 cm³/mol. The molecule has 0 bridgehead atoms. The van der Waals surface area contributed by atoms with Crippen molar-refractivity contribution in [3.63, 3.8) is 0 Å². The van der Waals surface area contributed by atoms with Crippen molar-refractivity contribution in [2.24, 2.45) is 17.6 Å². The van der Waals surface area contributed by atoms with Crippen molar-refractivity contribution in [1.82, 2.24) is 5.32 Å². The average molecular weight is 126 g/mol. The van der Waals surface area contributed by atoms with Crippen molar-refractivity contribution in [2.75, 3.05) is 6.54 Å². The maximum Gasteiger partial charge on any atom is 0.222 e. The Morgan fingerprint density at radius 1 is 1.67 bits per heavy atom. The highest BCUT2D eigenvalue weighted by atomic mass is 16.1. The number of nitrogens with two attached hydrogens (primary N) is 1. The maximum atomic E-state index is 10.6. The van der Waals surface area contributed by atoms with Crippen LogP contribution >= 0.6 is 0 Å². The first-order valence-corrected chi connectivity index (χ1v) is 3.32. The first kappa shape index (κ1) is 5.23. The van der Waals surface area contributed by atoms with Crippen LogP contribution in [0.25, 0.3) is 0 Å². The standard InChI is InChI=1S/C6H10N2O/c7-6(9)4-2-8-5-1-3(4)5/h3-5,8H,1-2H2,(H2,7,9). The Morgan fingerprint density at radius 2 is 2.44 bits per heavy atom. The van der Waals surface area contributed by atoms with Gasteiger partial charge in [0, 0.05) is 12.6 Å². The number of primary amides is 1. The smallest absolute Gasteiger partial charge is 0.222 e. The summed E-state index contributed by atoms with van der Waals surface area (Å²) in [5, 5.41) is 3.22. The van der Waals surface area contributed by atoms with E-state index in [9.17, 15) is 4.79 Å². The summed E-state index contributed by atoms with van der Waals surface area (Å²) in [6.07, 6.45) is 1.16. The molecule has 1 heterocycles. The predicted octanol–water partition coefficient (Wildman–Crippen LogP) is -0.920. The van der Waals surface area contributed by atoms with Gasteiger partial charge in [0.1, 0.15) is 0 Å². The Hall–Kier alpha value is -0.570. The Balaban J connectivity index is 2.06. The zero-order valence-electron chi connectivity index (χ0n) is 5.13. The molecular weight excluding hydrogens is 116 g/mol. The Labute approximate surface area is 53.6 Å². The highest BCUT2D eigenvalue weighted by Gasteiger charge is 2.50. The van der Waals surface area contributed by atoms with E-state index in [1.54, 1.807) is 0 Å². The monoisotopic (exact) mass is 126 g/mol. The molecule has 1 aliphatic heterocycles. The minimum absolute atomic E-state index is 0.132. The third kappa shape index (κ3) is 0.645. The molecule has 3 heteroatoms. The normalized spacial score (nSPS) is 46.4. The molecule has 1 amide bonds. The summed E-state index contributed by atoms with van der Waals surface area (Å²) in [6.45, 7) is 0.810. The van der Waals surface area contributed by atoms with Crippen LogP contribution in [0.15, 0.2) is 0 Å². The van der Waals surface area contributed by atoms with Crippen LogP contribution in [0.4, 0.5) is 0 Å². The van der Waals surface area contributed by atoms with E-state index in [1.165, 1.54) is 0 Å². The Morgan fingerprint density at radius 3 is 2.67 bits per heavy atom. The molecule has 2 rings (SSSR count). The quantitative estimate of drug-likeness (QED) is 0.477. The van der Waals surface area contributed by atoms with Crippen molar-refractivity contribution >= 4 is 5.91 Å². The van der Waals surface area contributed by atoms with Crippen molar-refractivity contribution in [3.8, 4) is 0 Å². The number of piperidine rings is 1. The second-order valence-corrected chi connectivity index (χ2v) is 2.92. The van der Waals surface area contributed by atoms with Gasteiger partial charge in [-0.3, -0.25) is 4.79 Å². The highest BCUT2D eigenvalue weighted by Crippen LogP contribution is 2.41. The summed E-state index contributed by atoms with van der Waals surface area (Å²) in [5.74, 6) is 0.588. The second-order valence-electron chi connectivity index (χ2n) is 2.92. The SMILES string of the molecule is NC(=O)C1CNC2CC21. The van der Waals surface area contributed by atoms with Crippen LogP contribution in [0, 0.1) is 11.8 Å². The van der Waals surface area contributed by atoms with Gasteiger partial charge in [0.2, 0.25) is 5.91 Å². The van der Waals surface area contributed by atoms with Gasteiger partial charge in [0.25, 0.3) is 0 Å². The van der Waals surface area contributed by atoms with Gasteiger partial charge in [-0.15, -0.1) is 0 Å². The van der Waals surface area contributed by atoms with Gasteiger partial charge in [-0.05, 0) is 12.3 Å². The first-order valence-electron chi connectivity index (χ1n) is 3.32. The van der Waals surface area contributed by atoms with Crippen molar-refractivity contribution in [2.45, 2.75) is 12.5 Å². The van der Waals surface area contributed by atoms with E-state index < -0.39 is 0 Å². The van der Waals surface area contributed by atoms with E-state index in [0.717, 1.165) is 13.0 Å². The molecule has 3 unspecified atom stereocenters. The van der Waals surface area contributed by atoms with E-state index in [4.69, 9.17) is 5.73 Å². The zero-order valence-corrected chi connectivity index (χ0v) is 5.13. The molecule has 0 radical (unpaired) electrons. The molecule has 3 N–H and O–H groups in total. The fourth-order valence-electron chi connectivity index (χ4n) is 1.64. The number of carbonyl (C=O) groups is 1. The number of carbonyl (C=O) groups excluding carboxylic acids is 1. The first-order chi connectivity index (χ1) is 4.29. The molecule has 0 aromatic rings. The van der Waals surface area contributed by atoms with Crippen LogP contribution in [0.1, 0.15) is 6.42 Å². The molecule has 1 saturated heterocycles. The maximum absolute atomic E-state index is 10.6. The van der Waals surface area contributed by atoms with E-state index in [-0.39, 0.29) is 11.8 Å². The average Bonchev–Trinajstić information content (AvgIpc) is 2.43. The van der Waals surface area contributed by atoms with Gasteiger partial charge < -0.3 is 11.1 Å². The summed E-state index contributed by atoms with van der Waals surface area (Å²) in [6, 6.07) is 0.627. The molecule has 0 aromatic carbocycles. The molecule has 2 aliphatic rings. The number of nitrogens with one attached hydrogen (secondary N) is 1. The van der Waals surface area contributed by atoms with Crippen LogP contribution < -0.4 is 11.1 Å². The minimum atomic E-state index is -0.132. The van der Waals surface area contributed by atoms with Gasteiger partial charge >= 0.3 is 0 Å². The van der Waals surface area contributed by atoms with Gasteiger partial charge in [-0.25, -0.2) is 0 Å². The topological polar surface area (TPSA) is 55.1 Å². The van der Waals surface area contributed by atoms with Crippen LogP contribution in [0.2, 0.25) is 0 Å². The van der Waals surface area contributed by atoms with E-state index in [0.29, 0.717) is 12.0 Å². The number of fused-ring (bicyclic) bond motifs is 1. The number of amides is 1. The molecular formula is C6H10N2O. The lowest BCUT2D eigenvalue weighted by Gasteiger charge is -2.03. The molecule has 3 nitrogen and oxygen atoms in total. The number of hydrogen-bond acceptors (Lipinski definition) is 2. The number of hydrogen-bond donors (Lipinski definition) is 2. The Bertz CT molecular complexity index is 157. The molecule has 9 heavy (non-hydrogen) atoms. The van der Waals surface area contributed by atoms with Crippen molar-refractivity contribution in [1.29, 1.82) is 0 Å². The fourth-order valence-corrected chi connectivity index (χ4v) is 1.64. The second kappa shape index (κ2) is 1.48. The van der Waals surface area contributed by atoms with E-state index in [2.05, 4.69) is 5.32 Å². The van der Waals surface area contributed by atoms with Crippen LogP contribution in [0.3, 0.4) is 0 Å². The van der Waals surface area contributed by atoms with Gasteiger partial charge in [0.05, 0.1) is 5.92 Å². The lowest BCUT2D eigenvalue weighted by atomic mass is 10.1. The number of rotatable bonds is 1. The van der Waals surface area contributed by atoms with E-state index >= 15 is 0 Å². The molecule has 0 spiro atoms. The molecule has 2 fully saturated rings. The van der Waals surface area contributed by atoms with E-state index in [1.807, 2.05) is 0 Å². The van der Waals surface area contributed by atoms with Gasteiger partial charge in [0.15, 0.2) is 0 Å². The van der Waals surface area contributed by atoms with Crippen LogP contribution in [0.5, 0.6) is 0 Å². The van der Waals surface area contributed by atoms with Gasteiger partial charge in [-0.1, -0.05) is 0 Å². The van der Waals surface area contributed by atoms with Crippen molar-refractivity contribution in [3.05, 3.63) is 0 Å². The molecule has 1 saturated carbocycles. The van der Waals surface area contributed by atoms with Gasteiger partial charge in [-0.2, -0.15) is 0 Å². The van der Waals surface area contributed by atoms with Crippen molar-refractivity contribution < 1.29 is 4.79 Å². The third-order valence-electron chi connectivity index (χ3n) is 2.32. The Kier molecular flexibility index (Phi) is 0.858. The summed E-state index contributed by atoms with van der Waals surface area (Å²) in [5.41, 5.74) is 5.14. The molecule has 3 atom stereocenters. The summed E-state index contributed by atoms with van der Waals surface area (Å²) < 4.78 is 0.